The van der Waals surface area contributed by atoms with Crippen LogP contribution >= 0.6 is 27.7 Å². The van der Waals surface area contributed by atoms with Crippen LogP contribution in [0.3, 0.4) is 0 Å². The first-order valence-electron chi connectivity index (χ1n) is 6.39. The maximum atomic E-state index is 12.0. The number of ether oxygens (including phenoxy) is 1. The minimum atomic E-state index is -1.28. The molecule has 0 spiro atoms. The molecule has 0 aromatic heterocycles. The number of halogens is 1. The Kier molecular flexibility index (Phi) is 5.62. The summed E-state index contributed by atoms with van der Waals surface area (Å²) in [6.45, 7) is -1.18. The topological polar surface area (TPSA) is 121 Å². The van der Waals surface area contributed by atoms with E-state index in [9.17, 15) is 19.2 Å². The van der Waals surface area contributed by atoms with Gasteiger partial charge in [0, 0.05) is 0 Å². The lowest BCUT2D eigenvalue weighted by molar-refractivity contribution is -0.140. The van der Waals surface area contributed by atoms with Gasteiger partial charge in [0.2, 0.25) is 0 Å². The smallest absolute Gasteiger partial charge is 0.341 e. The maximum absolute atomic E-state index is 12.0. The van der Waals surface area contributed by atoms with Crippen molar-refractivity contribution < 1.29 is 34.1 Å². The van der Waals surface area contributed by atoms with E-state index in [1.54, 1.807) is 12.1 Å². The summed E-state index contributed by atoms with van der Waals surface area (Å²) in [6.07, 6.45) is 1.44. The van der Waals surface area contributed by atoms with Crippen LogP contribution in [0.1, 0.15) is 5.56 Å². The Morgan fingerprint density at radius 3 is 2.54 bits per heavy atom. The molecule has 0 saturated carbocycles. The van der Waals surface area contributed by atoms with Gasteiger partial charge in [0.25, 0.3) is 11.1 Å². The average Bonchev–Trinajstić information content (AvgIpc) is 2.73. The SMILES string of the molecule is O=C(O)COc1ccc(/C=C2/SC(=O)N(CC(=O)O)C2=O)cc1Br. The zero-order chi connectivity index (χ0) is 17.9. The van der Waals surface area contributed by atoms with Crippen LogP contribution in [0.25, 0.3) is 6.08 Å². The van der Waals surface area contributed by atoms with E-state index in [1.807, 2.05) is 0 Å². The minimum absolute atomic E-state index is 0.104. The molecular formula is C14H10BrNO7S. The molecule has 0 bridgehead atoms. The van der Waals surface area contributed by atoms with Gasteiger partial charge in [-0.15, -0.1) is 0 Å². The first-order chi connectivity index (χ1) is 11.3. The number of carbonyl (C=O) groups is 4. The van der Waals surface area contributed by atoms with Crippen LogP contribution in [0.15, 0.2) is 27.6 Å². The van der Waals surface area contributed by atoms with Crippen molar-refractivity contribution in [1.29, 1.82) is 0 Å². The lowest BCUT2D eigenvalue weighted by Gasteiger charge is -2.08. The van der Waals surface area contributed by atoms with Crippen molar-refractivity contribution in [2.24, 2.45) is 0 Å². The van der Waals surface area contributed by atoms with Crippen LogP contribution < -0.4 is 4.74 Å². The zero-order valence-electron chi connectivity index (χ0n) is 11.9. The molecular weight excluding hydrogens is 406 g/mol. The van der Waals surface area contributed by atoms with Crippen molar-refractivity contribution in [3.63, 3.8) is 0 Å². The van der Waals surface area contributed by atoms with Crippen LogP contribution in [0.2, 0.25) is 0 Å². The largest absolute Gasteiger partial charge is 0.481 e. The molecule has 1 aromatic carbocycles. The van der Waals surface area contributed by atoms with Crippen molar-refractivity contribution in [1.82, 2.24) is 4.90 Å². The quantitative estimate of drug-likeness (QED) is 0.676. The third-order valence-electron chi connectivity index (χ3n) is 2.77. The Bertz CT molecular complexity index is 761. The number of carboxylic acid groups (broad SMARTS) is 2. The number of benzene rings is 1. The number of thioether (sulfide) groups is 1. The van der Waals surface area contributed by atoms with Gasteiger partial charge in [0.1, 0.15) is 12.3 Å². The van der Waals surface area contributed by atoms with Gasteiger partial charge in [-0.25, -0.2) is 4.79 Å². The van der Waals surface area contributed by atoms with Gasteiger partial charge in [-0.3, -0.25) is 19.3 Å². The zero-order valence-corrected chi connectivity index (χ0v) is 14.3. The van der Waals surface area contributed by atoms with Gasteiger partial charge in [0.15, 0.2) is 6.61 Å². The number of imide groups is 1. The molecule has 1 aliphatic heterocycles. The van der Waals surface area contributed by atoms with E-state index in [0.717, 1.165) is 0 Å². The van der Waals surface area contributed by atoms with Crippen molar-refractivity contribution in [2.75, 3.05) is 13.2 Å². The van der Waals surface area contributed by atoms with Crippen molar-refractivity contribution in [2.45, 2.75) is 0 Å². The molecule has 8 nitrogen and oxygen atoms in total. The molecule has 2 rings (SSSR count). The molecule has 2 N–H and O–H groups in total. The predicted molar refractivity (Wildman–Crippen MR) is 87.6 cm³/mol. The Labute approximate surface area is 148 Å². The Morgan fingerprint density at radius 1 is 1.25 bits per heavy atom. The van der Waals surface area contributed by atoms with Crippen molar-refractivity contribution >= 4 is 56.9 Å². The fraction of sp³-hybridized carbons (Fsp3) is 0.143. The number of aliphatic carboxylic acids is 2. The van der Waals surface area contributed by atoms with Crippen LogP contribution in [-0.2, 0) is 14.4 Å². The molecule has 24 heavy (non-hydrogen) atoms. The first kappa shape index (κ1) is 18.0. The van der Waals surface area contributed by atoms with E-state index in [2.05, 4.69) is 15.9 Å². The highest BCUT2D eigenvalue weighted by Gasteiger charge is 2.36. The number of nitrogens with zero attached hydrogens (tertiary/aromatic N) is 1. The number of hydrogen-bond donors (Lipinski definition) is 2. The predicted octanol–water partition coefficient (Wildman–Crippen LogP) is 2.03. The van der Waals surface area contributed by atoms with Gasteiger partial charge in [-0.1, -0.05) is 6.07 Å². The van der Waals surface area contributed by atoms with Crippen LogP contribution in [0.5, 0.6) is 5.75 Å². The molecule has 1 saturated heterocycles. The van der Waals surface area contributed by atoms with Gasteiger partial charge >= 0.3 is 11.9 Å². The molecule has 0 radical (unpaired) electrons. The van der Waals surface area contributed by atoms with E-state index < -0.39 is 36.2 Å². The lowest BCUT2D eigenvalue weighted by Crippen LogP contribution is -2.33. The molecule has 2 amide bonds. The summed E-state index contributed by atoms with van der Waals surface area (Å²) >= 11 is 3.88. The van der Waals surface area contributed by atoms with Gasteiger partial charge in [-0.05, 0) is 51.5 Å². The van der Waals surface area contributed by atoms with Crippen molar-refractivity contribution in [3.8, 4) is 5.75 Å². The van der Waals surface area contributed by atoms with E-state index in [4.69, 9.17) is 14.9 Å². The summed E-state index contributed by atoms with van der Waals surface area (Å²) in [5.74, 6) is -2.75. The molecule has 0 unspecified atom stereocenters. The molecule has 0 aliphatic carbocycles. The lowest BCUT2D eigenvalue weighted by atomic mass is 10.2. The van der Waals surface area contributed by atoms with Gasteiger partial charge < -0.3 is 14.9 Å². The fourth-order valence-electron chi connectivity index (χ4n) is 1.79. The highest BCUT2D eigenvalue weighted by molar-refractivity contribution is 9.10. The maximum Gasteiger partial charge on any atom is 0.341 e. The summed E-state index contributed by atoms with van der Waals surface area (Å²) in [4.78, 5) is 45.6. The highest BCUT2D eigenvalue weighted by atomic mass is 79.9. The molecule has 0 atom stereocenters. The molecule has 1 heterocycles. The Morgan fingerprint density at radius 2 is 1.96 bits per heavy atom. The van der Waals surface area contributed by atoms with E-state index in [1.165, 1.54) is 12.1 Å². The van der Waals surface area contributed by atoms with E-state index in [0.29, 0.717) is 32.4 Å². The first-order valence-corrected chi connectivity index (χ1v) is 8.00. The second-order valence-electron chi connectivity index (χ2n) is 4.53. The normalized spacial score (nSPS) is 15.9. The second kappa shape index (κ2) is 7.49. The summed E-state index contributed by atoms with van der Waals surface area (Å²) in [5.41, 5.74) is 0.561. The number of rotatable bonds is 6. The monoisotopic (exact) mass is 415 g/mol. The Hall–Kier alpha value is -2.33. The number of carboxylic acids is 2. The number of amides is 2. The number of hydrogen-bond acceptors (Lipinski definition) is 6. The molecule has 1 aromatic rings. The van der Waals surface area contributed by atoms with Gasteiger partial charge in [-0.2, -0.15) is 0 Å². The standard InChI is InChI=1S/C14H10BrNO7S/c15-8-3-7(1-2-9(8)23-6-12(19)20)4-10-13(21)16(5-11(17)18)14(22)24-10/h1-4H,5-6H2,(H,17,18)(H,19,20)/b10-4+. The summed E-state index contributed by atoms with van der Waals surface area (Å²) in [6, 6.07) is 4.68. The van der Waals surface area contributed by atoms with Crippen LogP contribution in [0.4, 0.5) is 4.79 Å². The fourth-order valence-corrected chi connectivity index (χ4v) is 3.14. The van der Waals surface area contributed by atoms with E-state index >= 15 is 0 Å². The molecule has 126 valence electrons. The van der Waals surface area contributed by atoms with E-state index in [-0.39, 0.29) is 4.91 Å². The third kappa shape index (κ3) is 4.36. The summed E-state index contributed by atoms with van der Waals surface area (Å²) in [5, 5.41) is 16.6. The third-order valence-corrected chi connectivity index (χ3v) is 4.30. The van der Waals surface area contributed by atoms with Crippen LogP contribution in [0, 0.1) is 0 Å². The van der Waals surface area contributed by atoms with Crippen LogP contribution in [-0.4, -0.2) is 51.3 Å². The summed E-state index contributed by atoms with van der Waals surface area (Å²) in [7, 11) is 0. The molecule has 1 aliphatic rings. The second-order valence-corrected chi connectivity index (χ2v) is 6.38. The Balaban J connectivity index is 2.18. The average molecular weight is 416 g/mol. The highest BCUT2D eigenvalue weighted by Crippen LogP contribution is 2.33. The van der Waals surface area contributed by atoms with Crippen molar-refractivity contribution in [3.05, 3.63) is 33.1 Å². The van der Waals surface area contributed by atoms with Gasteiger partial charge in [0.05, 0.1) is 9.38 Å². The minimum Gasteiger partial charge on any atom is -0.481 e. The molecule has 1 fully saturated rings. The summed E-state index contributed by atoms with van der Waals surface area (Å²) < 4.78 is 5.53. The number of carbonyl (C=O) groups excluding carboxylic acids is 2. The molecule has 10 heteroatoms.